The standard InChI is InChI=1S/C27H31FN4O2/c1-4-22-24(5-2)32(16-20-10-9-19(13-23(20)28)21-14-29-30(3)15-21)26(34)27(22)11-12-31(17-27)25(33)18-7-6-8-18/h4-5,9-10,13-15,18H,6-8,11-12,16-17H2,1-3H3. The summed E-state index contributed by atoms with van der Waals surface area (Å²) in [6.07, 6.45) is 11.1. The minimum absolute atomic E-state index is 0.0339. The van der Waals surface area contributed by atoms with E-state index in [1.165, 1.54) is 6.07 Å². The Hall–Kier alpha value is -3.22. The lowest BCUT2D eigenvalue weighted by molar-refractivity contribution is -0.138. The highest BCUT2D eigenvalue weighted by Crippen LogP contribution is 2.50. The van der Waals surface area contributed by atoms with Gasteiger partial charge in [0, 0.05) is 49.1 Å². The second-order valence-electron chi connectivity index (χ2n) is 9.70. The number of amides is 2. The molecule has 3 aliphatic rings. The zero-order valence-corrected chi connectivity index (χ0v) is 20.1. The molecule has 1 atom stereocenters. The van der Waals surface area contributed by atoms with Crippen molar-refractivity contribution in [2.45, 2.75) is 46.1 Å². The molecule has 3 fully saturated rings. The lowest BCUT2D eigenvalue weighted by Gasteiger charge is -2.30. The van der Waals surface area contributed by atoms with E-state index in [-0.39, 0.29) is 30.1 Å². The molecule has 1 aliphatic carbocycles. The van der Waals surface area contributed by atoms with Gasteiger partial charge in [0.15, 0.2) is 0 Å². The van der Waals surface area contributed by atoms with Crippen LogP contribution in [0.5, 0.6) is 0 Å². The highest BCUT2D eigenvalue weighted by molar-refractivity contribution is 5.95. The molecular weight excluding hydrogens is 431 g/mol. The summed E-state index contributed by atoms with van der Waals surface area (Å²) in [4.78, 5) is 30.4. The number of likely N-dealkylation sites (tertiary alicyclic amines) is 2. The molecule has 0 radical (unpaired) electrons. The van der Waals surface area contributed by atoms with Crippen LogP contribution in [0.1, 0.15) is 45.1 Å². The number of benzene rings is 1. The molecule has 2 aliphatic heterocycles. The maximum absolute atomic E-state index is 15.2. The molecule has 5 rings (SSSR count). The summed E-state index contributed by atoms with van der Waals surface area (Å²) >= 11 is 0. The van der Waals surface area contributed by atoms with Crippen LogP contribution < -0.4 is 0 Å². The van der Waals surface area contributed by atoms with E-state index in [1.807, 2.05) is 50.2 Å². The van der Waals surface area contributed by atoms with Crippen molar-refractivity contribution >= 4 is 11.8 Å². The van der Waals surface area contributed by atoms with Gasteiger partial charge in [0.05, 0.1) is 18.2 Å². The Morgan fingerprint density at radius 3 is 2.62 bits per heavy atom. The van der Waals surface area contributed by atoms with Gasteiger partial charge in [-0.2, -0.15) is 5.10 Å². The Morgan fingerprint density at radius 2 is 2.03 bits per heavy atom. The Labute approximate surface area is 199 Å². The third kappa shape index (κ3) is 3.49. The van der Waals surface area contributed by atoms with Crippen LogP contribution in [-0.2, 0) is 23.2 Å². The van der Waals surface area contributed by atoms with Crippen molar-refractivity contribution in [1.82, 2.24) is 19.6 Å². The van der Waals surface area contributed by atoms with E-state index in [0.717, 1.165) is 41.7 Å². The SMILES string of the molecule is CC=C1C(=CC)C2(CCN(C(=O)C3CCC3)C2)C(=O)N1Cc1ccc(-c2cnn(C)c2)cc1F. The van der Waals surface area contributed by atoms with Gasteiger partial charge in [0.25, 0.3) is 0 Å². The number of carbonyl (C=O) groups is 2. The number of hydrogen-bond donors (Lipinski definition) is 0. The Morgan fingerprint density at radius 1 is 1.24 bits per heavy atom. The summed E-state index contributed by atoms with van der Waals surface area (Å²) in [5.74, 6) is -0.0801. The molecule has 178 valence electrons. The van der Waals surface area contributed by atoms with Crippen molar-refractivity contribution in [1.29, 1.82) is 0 Å². The number of aromatic nitrogens is 2. The largest absolute Gasteiger partial charge is 0.341 e. The molecule has 1 spiro atoms. The van der Waals surface area contributed by atoms with Crippen molar-refractivity contribution in [3.05, 3.63) is 65.4 Å². The molecule has 1 unspecified atom stereocenters. The van der Waals surface area contributed by atoms with E-state index in [0.29, 0.717) is 25.1 Å². The fraction of sp³-hybridized carbons (Fsp3) is 0.444. The molecule has 6 nitrogen and oxygen atoms in total. The first kappa shape index (κ1) is 22.6. The van der Waals surface area contributed by atoms with Gasteiger partial charge in [0.1, 0.15) is 5.82 Å². The Bertz CT molecular complexity index is 1210. The Balaban J connectivity index is 1.41. The van der Waals surface area contributed by atoms with Gasteiger partial charge < -0.3 is 9.80 Å². The van der Waals surface area contributed by atoms with E-state index in [9.17, 15) is 9.59 Å². The number of allylic oxidation sites excluding steroid dienone is 3. The quantitative estimate of drug-likeness (QED) is 0.675. The molecule has 1 aromatic carbocycles. The molecule has 2 saturated heterocycles. The topological polar surface area (TPSA) is 58.4 Å². The van der Waals surface area contributed by atoms with Crippen molar-refractivity contribution in [2.24, 2.45) is 18.4 Å². The van der Waals surface area contributed by atoms with Crippen LogP contribution >= 0.6 is 0 Å². The fourth-order valence-electron chi connectivity index (χ4n) is 5.67. The highest BCUT2D eigenvalue weighted by atomic mass is 19.1. The monoisotopic (exact) mass is 462 g/mol. The first-order valence-electron chi connectivity index (χ1n) is 12.1. The van der Waals surface area contributed by atoms with Crippen LogP contribution in [0.2, 0.25) is 0 Å². The van der Waals surface area contributed by atoms with E-state index in [4.69, 9.17) is 0 Å². The molecule has 34 heavy (non-hydrogen) atoms. The molecule has 3 heterocycles. The number of carbonyl (C=O) groups excluding carboxylic acids is 2. The maximum Gasteiger partial charge on any atom is 0.239 e. The van der Waals surface area contributed by atoms with Crippen LogP contribution in [0, 0.1) is 17.2 Å². The summed E-state index contributed by atoms with van der Waals surface area (Å²) in [5.41, 5.74) is 3.10. The van der Waals surface area contributed by atoms with Crippen LogP contribution in [0.4, 0.5) is 4.39 Å². The van der Waals surface area contributed by atoms with Gasteiger partial charge in [-0.25, -0.2) is 4.39 Å². The number of hydrogen-bond acceptors (Lipinski definition) is 3. The predicted molar refractivity (Wildman–Crippen MR) is 128 cm³/mol. The summed E-state index contributed by atoms with van der Waals surface area (Å²) in [5, 5.41) is 4.16. The summed E-state index contributed by atoms with van der Waals surface area (Å²) in [6.45, 7) is 5.02. The molecule has 2 aromatic rings. The fourth-order valence-corrected chi connectivity index (χ4v) is 5.67. The second kappa shape index (κ2) is 8.53. The first-order chi connectivity index (χ1) is 16.4. The zero-order chi connectivity index (χ0) is 24.0. The van der Waals surface area contributed by atoms with Gasteiger partial charge in [-0.15, -0.1) is 0 Å². The lowest BCUT2D eigenvalue weighted by atomic mass is 9.80. The average Bonchev–Trinajstić information content (AvgIpc) is 3.47. The number of aryl methyl sites for hydroxylation is 1. The normalized spacial score (nSPS) is 25.2. The number of rotatable bonds is 4. The van der Waals surface area contributed by atoms with Gasteiger partial charge in [0.2, 0.25) is 11.8 Å². The minimum Gasteiger partial charge on any atom is -0.341 e. The van der Waals surface area contributed by atoms with Crippen molar-refractivity contribution in [3.8, 4) is 11.1 Å². The van der Waals surface area contributed by atoms with Crippen LogP contribution in [0.3, 0.4) is 0 Å². The average molecular weight is 463 g/mol. The summed E-state index contributed by atoms with van der Waals surface area (Å²) in [7, 11) is 1.82. The zero-order valence-electron chi connectivity index (χ0n) is 20.1. The van der Waals surface area contributed by atoms with E-state index >= 15 is 4.39 Å². The third-order valence-electron chi connectivity index (χ3n) is 7.75. The molecule has 0 bridgehead atoms. The maximum atomic E-state index is 15.2. The minimum atomic E-state index is -0.734. The molecular formula is C27H31FN4O2. The van der Waals surface area contributed by atoms with E-state index in [2.05, 4.69) is 5.10 Å². The first-order valence-corrected chi connectivity index (χ1v) is 12.1. The molecule has 2 amide bonds. The molecule has 1 aromatic heterocycles. The third-order valence-corrected chi connectivity index (χ3v) is 7.75. The molecule has 1 saturated carbocycles. The van der Waals surface area contributed by atoms with Gasteiger partial charge in [-0.1, -0.05) is 30.7 Å². The Kier molecular flexibility index (Phi) is 5.66. The number of nitrogens with zero attached hydrogens (tertiary/aromatic N) is 4. The van der Waals surface area contributed by atoms with E-state index in [1.54, 1.807) is 21.8 Å². The summed E-state index contributed by atoms with van der Waals surface area (Å²) < 4.78 is 16.8. The van der Waals surface area contributed by atoms with Crippen molar-refractivity contribution in [2.75, 3.05) is 13.1 Å². The number of halogens is 1. The molecule has 7 heteroatoms. The lowest BCUT2D eigenvalue weighted by Crippen LogP contribution is -2.41. The van der Waals surface area contributed by atoms with Gasteiger partial charge in [-0.3, -0.25) is 14.3 Å². The van der Waals surface area contributed by atoms with Gasteiger partial charge in [-0.05, 0) is 50.3 Å². The van der Waals surface area contributed by atoms with Crippen LogP contribution in [0.25, 0.3) is 11.1 Å². The van der Waals surface area contributed by atoms with Crippen LogP contribution in [-0.4, -0.2) is 44.5 Å². The highest BCUT2D eigenvalue weighted by Gasteiger charge is 2.57. The predicted octanol–water partition coefficient (Wildman–Crippen LogP) is 4.44. The van der Waals surface area contributed by atoms with Crippen molar-refractivity contribution in [3.63, 3.8) is 0 Å². The smallest absolute Gasteiger partial charge is 0.239 e. The second-order valence-corrected chi connectivity index (χ2v) is 9.70. The summed E-state index contributed by atoms with van der Waals surface area (Å²) in [6, 6.07) is 5.12. The van der Waals surface area contributed by atoms with Crippen molar-refractivity contribution < 1.29 is 14.0 Å². The molecule has 0 N–H and O–H groups in total. The van der Waals surface area contributed by atoms with E-state index < -0.39 is 5.41 Å². The van der Waals surface area contributed by atoms with Gasteiger partial charge >= 0.3 is 0 Å². The van der Waals surface area contributed by atoms with Crippen LogP contribution in [0.15, 0.2) is 54.0 Å².